The first-order valence-corrected chi connectivity index (χ1v) is 6.02. The molecule has 0 saturated carbocycles. The number of ether oxygens (including phenoxy) is 2. The maximum Gasteiger partial charge on any atom is 0.387 e. The van der Waals surface area contributed by atoms with E-state index in [0.29, 0.717) is 25.3 Å². The highest BCUT2D eigenvalue weighted by molar-refractivity contribution is 5.69. The molecule has 4 nitrogen and oxygen atoms in total. The molecule has 1 aromatic rings. The number of halogens is 2. The molecular formula is C13H17F2NO3. The molecule has 0 aliphatic rings. The molecule has 1 N–H and O–H groups in total. The Bertz CT molecular complexity index is 399. The topological polar surface area (TPSA) is 47.6 Å². The SMILES string of the molecule is CCOC(=O)CCNCc1ccccc1OC(F)F. The quantitative estimate of drug-likeness (QED) is 0.583. The summed E-state index contributed by atoms with van der Waals surface area (Å²) in [7, 11) is 0. The second-order valence-electron chi connectivity index (χ2n) is 3.72. The van der Waals surface area contributed by atoms with E-state index in [1.165, 1.54) is 6.07 Å². The molecule has 0 saturated heterocycles. The Hall–Kier alpha value is -1.69. The van der Waals surface area contributed by atoms with E-state index in [2.05, 4.69) is 10.1 Å². The van der Waals surface area contributed by atoms with Gasteiger partial charge in [-0.1, -0.05) is 18.2 Å². The smallest absolute Gasteiger partial charge is 0.387 e. The molecule has 0 aliphatic carbocycles. The summed E-state index contributed by atoms with van der Waals surface area (Å²) < 4.78 is 33.5. The molecule has 0 bridgehead atoms. The second kappa shape index (κ2) is 8.42. The zero-order valence-corrected chi connectivity index (χ0v) is 10.7. The van der Waals surface area contributed by atoms with Gasteiger partial charge in [0.2, 0.25) is 0 Å². The highest BCUT2D eigenvalue weighted by Crippen LogP contribution is 2.19. The van der Waals surface area contributed by atoms with E-state index in [9.17, 15) is 13.6 Å². The lowest BCUT2D eigenvalue weighted by Crippen LogP contribution is -2.19. The van der Waals surface area contributed by atoms with Crippen molar-refractivity contribution in [2.75, 3.05) is 13.2 Å². The summed E-state index contributed by atoms with van der Waals surface area (Å²) in [5.41, 5.74) is 0.617. The van der Waals surface area contributed by atoms with Gasteiger partial charge in [-0.25, -0.2) is 0 Å². The van der Waals surface area contributed by atoms with Crippen LogP contribution in [0, 0.1) is 0 Å². The number of hydrogen-bond donors (Lipinski definition) is 1. The molecule has 6 heteroatoms. The predicted octanol–water partition coefficient (Wildman–Crippen LogP) is 2.33. The van der Waals surface area contributed by atoms with Crippen molar-refractivity contribution >= 4 is 5.97 Å². The average molecular weight is 273 g/mol. The number of benzene rings is 1. The van der Waals surface area contributed by atoms with E-state index in [-0.39, 0.29) is 18.1 Å². The number of rotatable bonds is 8. The number of para-hydroxylation sites is 1. The highest BCUT2D eigenvalue weighted by atomic mass is 19.3. The number of carbonyl (C=O) groups is 1. The summed E-state index contributed by atoms with van der Waals surface area (Å²) in [4.78, 5) is 11.1. The third-order valence-corrected chi connectivity index (χ3v) is 2.32. The van der Waals surface area contributed by atoms with Crippen molar-refractivity contribution in [3.63, 3.8) is 0 Å². The van der Waals surface area contributed by atoms with Crippen molar-refractivity contribution in [2.45, 2.75) is 26.5 Å². The normalized spacial score (nSPS) is 10.5. The van der Waals surface area contributed by atoms with Gasteiger partial charge in [0.25, 0.3) is 0 Å². The van der Waals surface area contributed by atoms with Gasteiger partial charge in [0.1, 0.15) is 5.75 Å². The van der Waals surface area contributed by atoms with Gasteiger partial charge in [0.15, 0.2) is 0 Å². The van der Waals surface area contributed by atoms with Crippen LogP contribution in [0.3, 0.4) is 0 Å². The van der Waals surface area contributed by atoms with E-state index < -0.39 is 6.61 Å². The lowest BCUT2D eigenvalue weighted by molar-refractivity contribution is -0.142. The van der Waals surface area contributed by atoms with E-state index >= 15 is 0 Å². The zero-order chi connectivity index (χ0) is 14.1. The van der Waals surface area contributed by atoms with E-state index in [0.717, 1.165) is 0 Å². The molecule has 0 heterocycles. The molecule has 0 spiro atoms. The van der Waals surface area contributed by atoms with Crippen molar-refractivity contribution in [3.05, 3.63) is 29.8 Å². The molecule has 19 heavy (non-hydrogen) atoms. The van der Waals surface area contributed by atoms with Gasteiger partial charge in [-0.05, 0) is 13.0 Å². The first-order chi connectivity index (χ1) is 9.13. The molecule has 0 radical (unpaired) electrons. The number of esters is 1. The molecule has 0 fully saturated rings. The summed E-state index contributed by atoms with van der Waals surface area (Å²) in [6, 6.07) is 6.53. The summed E-state index contributed by atoms with van der Waals surface area (Å²) in [6.45, 7) is 0.0118. The van der Waals surface area contributed by atoms with Crippen molar-refractivity contribution in [1.29, 1.82) is 0 Å². The minimum atomic E-state index is -2.85. The zero-order valence-electron chi connectivity index (χ0n) is 10.7. The van der Waals surface area contributed by atoms with Crippen molar-refractivity contribution < 1.29 is 23.0 Å². The average Bonchev–Trinajstić information content (AvgIpc) is 2.36. The Morgan fingerprint density at radius 3 is 2.79 bits per heavy atom. The van der Waals surface area contributed by atoms with Crippen LogP contribution in [-0.2, 0) is 16.1 Å². The third kappa shape index (κ3) is 6.15. The molecule has 0 aromatic heterocycles. The Labute approximate surface area is 110 Å². The Kier molecular flexibility index (Phi) is 6.81. The van der Waals surface area contributed by atoms with Gasteiger partial charge in [-0.2, -0.15) is 8.78 Å². The molecular weight excluding hydrogens is 256 g/mol. The minimum absolute atomic E-state index is 0.140. The van der Waals surface area contributed by atoms with Crippen molar-refractivity contribution in [3.8, 4) is 5.75 Å². The maximum atomic E-state index is 12.2. The van der Waals surface area contributed by atoms with Crippen LogP contribution in [0.4, 0.5) is 8.78 Å². The van der Waals surface area contributed by atoms with Crippen LogP contribution in [0.1, 0.15) is 18.9 Å². The monoisotopic (exact) mass is 273 g/mol. The van der Waals surface area contributed by atoms with Gasteiger partial charge in [-0.3, -0.25) is 4.79 Å². The standard InChI is InChI=1S/C13H17F2NO3/c1-2-18-12(17)7-8-16-9-10-5-3-4-6-11(10)19-13(14)15/h3-6,13,16H,2,7-9H2,1H3. The number of carbonyl (C=O) groups excluding carboxylic acids is 1. The molecule has 0 aliphatic heterocycles. The van der Waals surface area contributed by atoms with E-state index in [1.807, 2.05) is 0 Å². The van der Waals surface area contributed by atoms with Crippen molar-refractivity contribution in [1.82, 2.24) is 5.32 Å². The Balaban J connectivity index is 2.38. The molecule has 106 valence electrons. The van der Waals surface area contributed by atoms with Crippen molar-refractivity contribution in [2.24, 2.45) is 0 Å². The molecule has 0 atom stereocenters. The van der Waals surface area contributed by atoms with Gasteiger partial charge in [0, 0.05) is 18.7 Å². The van der Waals surface area contributed by atoms with E-state index in [4.69, 9.17) is 4.74 Å². The van der Waals surface area contributed by atoms with Gasteiger partial charge < -0.3 is 14.8 Å². The predicted molar refractivity (Wildman–Crippen MR) is 66.0 cm³/mol. The molecule has 0 unspecified atom stereocenters. The summed E-state index contributed by atoms with van der Waals surface area (Å²) in [6.07, 6.45) is 0.242. The first kappa shape index (κ1) is 15.4. The number of hydrogen-bond acceptors (Lipinski definition) is 4. The minimum Gasteiger partial charge on any atom is -0.466 e. The fourth-order valence-corrected chi connectivity index (χ4v) is 1.51. The molecule has 1 aromatic carbocycles. The van der Waals surface area contributed by atoms with Crippen LogP contribution >= 0.6 is 0 Å². The van der Waals surface area contributed by atoms with Crippen LogP contribution in [0.15, 0.2) is 24.3 Å². The third-order valence-electron chi connectivity index (χ3n) is 2.32. The Morgan fingerprint density at radius 1 is 1.37 bits per heavy atom. The lowest BCUT2D eigenvalue weighted by atomic mass is 10.2. The fourth-order valence-electron chi connectivity index (χ4n) is 1.51. The second-order valence-corrected chi connectivity index (χ2v) is 3.72. The summed E-state index contributed by atoms with van der Waals surface area (Å²) >= 11 is 0. The van der Waals surface area contributed by atoms with E-state index in [1.54, 1.807) is 25.1 Å². The van der Waals surface area contributed by atoms with Crippen LogP contribution < -0.4 is 10.1 Å². The number of nitrogens with one attached hydrogen (secondary N) is 1. The molecule has 0 amide bonds. The van der Waals surface area contributed by atoms with Crippen LogP contribution in [0.5, 0.6) is 5.75 Å². The van der Waals surface area contributed by atoms with Crippen LogP contribution in [0.25, 0.3) is 0 Å². The summed E-state index contributed by atoms with van der Waals surface area (Å²) in [5, 5.41) is 2.98. The van der Waals surface area contributed by atoms with Crippen LogP contribution in [-0.4, -0.2) is 25.7 Å². The van der Waals surface area contributed by atoms with Gasteiger partial charge >= 0.3 is 12.6 Å². The van der Waals surface area contributed by atoms with Gasteiger partial charge in [-0.15, -0.1) is 0 Å². The molecule has 1 rings (SSSR count). The maximum absolute atomic E-state index is 12.2. The Morgan fingerprint density at radius 2 is 2.11 bits per heavy atom. The summed E-state index contributed by atoms with van der Waals surface area (Å²) in [5.74, 6) is -0.145. The first-order valence-electron chi connectivity index (χ1n) is 6.02. The number of alkyl halides is 2. The highest BCUT2D eigenvalue weighted by Gasteiger charge is 2.08. The van der Waals surface area contributed by atoms with Crippen LogP contribution in [0.2, 0.25) is 0 Å². The largest absolute Gasteiger partial charge is 0.466 e. The van der Waals surface area contributed by atoms with Gasteiger partial charge in [0.05, 0.1) is 13.0 Å². The lowest BCUT2D eigenvalue weighted by Gasteiger charge is -2.11. The fraction of sp³-hybridized carbons (Fsp3) is 0.462.